The average molecular weight is 317 g/mol. The second kappa shape index (κ2) is 7.63. The van der Waals surface area contributed by atoms with Crippen molar-refractivity contribution >= 4 is 5.91 Å². The molecule has 0 aliphatic carbocycles. The Bertz CT molecular complexity index is 670. The Balaban J connectivity index is 1.94. The highest BCUT2D eigenvalue weighted by molar-refractivity contribution is 5.78. The number of carbonyl (C=O) groups excluding carboxylic acids is 1. The number of carbonyl (C=O) groups is 1. The molecule has 0 spiro atoms. The van der Waals surface area contributed by atoms with Gasteiger partial charge in [-0.05, 0) is 44.2 Å². The van der Waals surface area contributed by atoms with Crippen molar-refractivity contribution < 1.29 is 18.7 Å². The van der Waals surface area contributed by atoms with Gasteiger partial charge in [0.25, 0.3) is 5.91 Å². The summed E-state index contributed by atoms with van der Waals surface area (Å²) in [6.45, 7) is 3.73. The van der Waals surface area contributed by atoms with Gasteiger partial charge in [0.1, 0.15) is 17.3 Å². The summed E-state index contributed by atoms with van der Waals surface area (Å²) in [7, 11) is 1.60. The van der Waals surface area contributed by atoms with Gasteiger partial charge in [0.15, 0.2) is 6.61 Å². The molecule has 0 heterocycles. The first-order valence-corrected chi connectivity index (χ1v) is 7.32. The molecule has 5 heteroatoms. The molecule has 0 fully saturated rings. The van der Waals surface area contributed by atoms with Crippen molar-refractivity contribution in [1.29, 1.82) is 0 Å². The van der Waals surface area contributed by atoms with Gasteiger partial charge < -0.3 is 14.8 Å². The monoisotopic (exact) mass is 317 g/mol. The zero-order chi connectivity index (χ0) is 16.8. The van der Waals surface area contributed by atoms with Crippen LogP contribution in [0.15, 0.2) is 42.5 Å². The number of ether oxygens (including phenoxy) is 2. The summed E-state index contributed by atoms with van der Waals surface area (Å²) in [6, 6.07) is 11.1. The Morgan fingerprint density at radius 1 is 1.22 bits per heavy atom. The van der Waals surface area contributed by atoms with Crippen LogP contribution in [0.1, 0.15) is 24.1 Å². The molecule has 0 saturated heterocycles. The zero-order valence-corrected chi connectivity index (χ0v) is 13.4. The molecule has 0 aromatic heterocycles. The van der Waals surface area contributed by atoms with E-state index >= 15 is 0 Å². The summed E-state index contributed by atoms with van der Waals surface area (Å²) >= 11 is 0. The number of aryl methyl sites for hydroxylation is 1. The van der Waals surface area contributed by atoms with Gasteiger partial charge in [-0.1, -0.05) is 17.7 Å². The second-order valence-electron chi connectivity index (χ2n) is 5.28. The molecule has 1 atom stereocenters. The van der Waals surface area contributed by atoms with E-state index in [-0.39, 0.29) is 24.4 Å². The molecule has 0 bridgehead atoms. The largest absolute Gasteiger partial charge is 0.496 e. The third-order valence-electron chi connectivity index (χ3n) is 3.41. The minimum atomic E-state index is -0.345. The summed E-state index contributed by atoms with van der Waals surface area (Å²) in [5.74, 6) is 0.567. The maximum absolute atomic E-state index is 12.8. The first kappa shape index (κ1) is 16.8. The highest BCUT2D eigenvalue weighted by Crippen LogP contribution is 2.26. The van der Waals surface area contributed by atoms with Crippen LogP contribution in [0.4, 0.5) is 4.39 Å². The van der Waals surface area contributed by atoms with E-state index in [9.17, 15) is 9.18 Å². The van der Waals surface area contributed by atoms with Gasteiger partial charge in [0.2, 0.25) is 0 Å². The minimum Gasteiger partial charge on any atom is -0.496 e. The van der Waals surface area contributed by atoms with Gasteiger partial charge in [-0.25, -0.2) is 4.39 Å². The molecule has 1 N–H and O–H groups in total. The molecule has 0 saturated carbocycles. The average Bonchev–Trinajstić information content (AvgIpc) is 2.54. The van der Waals surface area contributed by atoms with Crippen molar-refractivity contribution in [3.63, 3.8) is 0 Å². The number of rotatable bonds is 6. The SMILES string of the molecule is COc1ccc(C)cc1C(C)NC(=O)COc1ccc(F)cc1. The standard InChI is InChI=1S/C18H20FNO3/c1-12-4-9-17(22-3)16(10-12)13(2)20-18(21)11-23-15-7-5-14(19)6-8-15/h4-10,13H,11H2,1-3H3,(H,20,21). The molecule has 122 valence electrons. The van der Waals surface area contributed by atoms with Crippen LogP contribution in [-0.4, -0.2) is 19.6 Å². The molecule has 4 nitrogen and oxygen atoms in total. The van der Waals surface area contributed by atoms with Gasteiger partial charge in [0.05, 0.1) is 13.2 Å². The van der Waals surface area contributed by atoms with Crippen LogP contribution < -0.4 is 14.8 Å². The molecular formula is C18H20FNO3. The topological polar surface area (TPSA) is 47.6 Å². The van der Waals surface area contributed by atoms with E-state index in [1.807, 2.05) is 32.0 Å². The zero-order valence-electron chi connectivity index (χ0n) is 13.4. The molecule has 0 aliphatic rings. The summed E-state index contributed by atoms with van der Waals surface area (Å²) in [5.41, 5.74) is 1.99. The Morgan fingerprint density at radius 2 is 1.91 bits per heavy atom. The van der Waals surface area contributed by atoms with E-state index in [2.05, 4.69) is 5.32 Å². The molecular weight excluding hydrogens is 297 g/mol. The lowest BCUT2D eigenvalue weighted by molar-refractivity contribution is -0.123. The first-order valence-electron chi connectivity index (χ1n) is 7.32. The third kappa shape index (κ3) is 4.71. The fourth-order valence-corrected chi connectivity index (χ4v) is 2.23. The van der Waals surface area contributed by atoms with Gasteiger partial charge in [-0.15, -0.1) is 0 Å². The number of nitrogens with one attached hydrogen (secondary N) is 1. The van der Waals surface area contributed by atoms with Crippen LogP contribution in [-0.2, 0) is 4.79 Å². The molecule has 0 aliphatic heterocycles. The Hall–Kier alpha value is -2.56. The summed E-state index contributed by atoms with van der Waals surface area (Å²) < 4.78 is 23.5. The van der Waals surface area contributed by atoms with E-state index in [1.165, 1.54) is 24.3 Å². The summed E-state index contributed by atoms with van der Waals surface area (Å²) in [6.07, 6.45) is 0. The lowest BCUT2D eigenvalue weighted by Gasteiger charge is -2.18. The lowest BCUT2D eigenvalue weighted by atomic mass is 10.0. The number of benzene rings is 2. The highest BCUT2D eigenvalue weighted by atomic mass is 19.1. The normalized spacial score (nSPS) is 11.7. The van der Waals surface area contributed by atoms with Gasteiger partial charge in [0, 0.05) is 5.56 Å². The number of hydrogen-bond acceptors (Lipinski definition) is 3. The van der Waals surface area contributed by atoms with Crippen LogP contribution >= 0.6 is 0 Å². The van der Waals surface area contributed by atoms with E-state index < -0.39 is 0 Å². The number of amides is 1. The van der Waals surface area contributed by atoms with Crippen LogP contribution in [0.3, 0.4) is 0 Å². The molecule has 2 aromatic rings. The van der Waals surface area contributed by atoms with Gasteiger partial charge in [-0.2, -0.15) is 0 Å². The van der Waals surface area contributed by atoms with Crippen molar-refractivity contribution in [1.82, 2.24) is 5.32 Å². The maximum atomic E-state index is 12.8. The first-order chi connectivity index (χ1) is 11.0. The van der Waals surface area contributed by atoms with E-state index in [0.29, 0.717) is 5.75 Å². The van der Waals surface area contributed by atoms with Crippen LogP contribution in [0.5, 0.6) is 11.5 Å². The van der Waals surface area contributed by atoms with E-state index in [4.69, 9.17) is 9.47 Å². The molecule has 23 heavy (non-hydrogen) atoms. The number of halogens is 1. The number of methoxy groups -OCH3 is 1. The fourth-order valence-electron chi connectivity index (χ4n) is 2.23. The van der Waals surface area contributed by atoms with Crippen molar-refractivity contribution in [2.75, 3.05) is 13.7 Å². The van der Waals surface area contributed by atoms with Crippen molar-refractivity contribution in [3.8, 4) is 11.5 Å². The highest BCUT2D eigenvalue weighted by Gasteiger charge is 2.14. The lowest BCUT2D eigenvalue weighted by Crippen LogP contribution is -2.31. The van der Waals surface area contributed by atoms with Crippen LogP contribution in [0.2, 0.25) is 0 Å². The Kier molecular flexibility index (Phi) is 5.57. The van der Waals surface area contributed by atoms with Crippen molar-refractivity contribution in [2.24, 2.45) is 0 Å². The second-order valence-corrected chi connectivity index (χ2v) is 5.28. The Labute approximate surface area is 135 Å². The molecule has 2 aromatic carbocycles. The van der Waals surface area contributed by atoms with E-state index in [0.717, 1.165) is 16.9 Å². The van der Waals surface area contributed by atoms with Crippen LogP contribution in [0.25, 0.3) is 0 Å². The molecule has 1 unspecified atom stereocenters. The maximum Gasteiger partial charge on any atom is 0.258 e. The minimum absolute atomic E-state index is 0.135. The molecule has 1 amide bonds. The van der Waals surface area contributed by atoms with Crippen molar-refractivity contribution in [3.05, 3.63) is 59.4 Å². The summed E-state index contributed by atoms with van der Waals surface area (Å²) in [5, 5.41) is 2.86. The smallest absolute Gasteiger partial charge is 0.258 e. The molecule has 2 rings (SSSR count). The third-order valence-corrected chi connectivity index (χ3v) is 3.41. The number of hydrogen-bond donors (Lipinski definition) is 1. The molecule has 0 radical (unpaired) electrons. The quantitative estimate of drug-likeness (QED) is 0.888. The van der Waals surface area contributed by atoms with E-state index in [1.54, 1.807) is 7.11 Å². The van der Waals surface area contributed by atoms with Crippen molar-refractivity contribution in [2.45, 2.75) is 19.9 Å². The predicted molar refractivity (Wildman–Crippen MR) is 86.2 cm³/mol. The Morgan fingerprint density at radius 3 is 2.57 bits per heavy atom. The summed E-state index contributed by atoms with van der Waals surface area (Å²) in [4.78, 5) is 12.0. The van der Waals surface area contributed by atoms with Crippen LogP contribution in [0, 0.1) is 12.7 Å². The van der Waals surface area contributed by atoms with Gasteiger partial charge in [-0.3, -0.25) is 4.79 Å². The van der Waals surface area contributed by atoms with Gasteiger partial charge >= 0.3 is 0 Å². The predicted octanol–water partition coefficient (Wildman–Crippen LogP) is 3.40. The fraction of sp³-hybridized carbons (Fsp3) is 0.278.